The molecule has 3 heterocycles. The van der Waals surface area contributed by atoms with Gasteiger partial charge in [-0.2, -0.15) is 0 Å². The van der Waals surface area contributed by atoms with E-state index in [9.17, 15) is 14.4 Å². The molecule has 0 aromatic carbocycles. The van der Waals surface area contributed by atoms with Crippen LogP contribution in [0.2, 0.25) is 0 Å². The van der Waals surface area contributed by atoms with Gasteiger partial charge in [-0.25, -0.2) is 9.78 Å². The molecule has 1 spiro atoms. The molecule has 154 valence electrons. The summed E-state index contributed by atoms with van der Waals surface area (Å²) in [6, 6.07) is 5.19. The van der Waals surface area contributed by atoms with Crippen molar-refractivity contribution in [3.05, 3.63) is 36.3 Å². The number of nitrogens with zero attached hydrogens (tertiary/aromatic N) is 3. The molecule has 2 atom stereocenters. The molecule has 2 aromatic heterocycles. The first-order valence-corrected chi connectivity index (χ1v) is 10.0. The number of rotatable bonds is 4. The number of pyridine rings is 1. The Morgan fingerprint density at radius 3 is 2.83 bits per heavy atom. The monoisotopic (exact) mass is 397 g/mol. The lowest BCUT2D eigenvalue weighted by molar-refractivity contribution is -0.137. The van der Waals surface area contributed by atoms with Crippen LogP contribution in [-0.4, -0.2) is 44.2 Å². The van der Waals surface area contributed by atoms with Crippen molar-refractivity contribution in [1.29, 1.82) is 0 Å². The van der Waals surface area contributed by atoms with E-state index in [2.05, 4.69) is 36.4 Å². The van der Waals surface area contributed by atoms with Crippen molar-refractivity contribution in [3.8, 4) is 0 Å². The minimum atomic E-state index is -0.889. The van der Waals surface area contributed by atoms with Crippen molar-refractivity contribution in [2.45, 2.75) is 52.1 Å². The molecule has 1 saturated heterocycles. The standard InChI is InChI=1S/C21H27N5O3/c1-14-8-20(2,3)13-21(9-14)18(28)26(19(29)24-21)12-17(27)22-10-15-11-25-7-5-4-6-16(25)23-15/h4-7,11,14H,8-10,12-13H2,1-3H3,(H,22,27)(H,24,29)/t14-,21-/m0/s1. The largest absolute Gasteiger partial charge is 0.349 e. The van der Waals surface area contributed by atoms with Crippen molar-refractivity contribution in [1.82, 2.24) is 24.9 Å². The highest BCUT2D eigenvalue weighted by molar-refractivity contribution is 6.09. The number of carbonyl (C=O) groups excluding carboxylic acids is 3. The van der Waals surface area contributed by atoms with E-state index in [4.69, 9.17) is 0 Å². The molecule has 1 saturated carbocycles. The zero-order valence-corrected chi connectivity index (χ0v) is 17.1. The van der Waals surface area contributed by atoms with Crippen LogP contribution in [0.4, 0.5) is 4.79 Å². The van der Waals surface area contributed by atoms with Crippen LogP contribution in [0.15, 0.2) is 30.6 Å². The third kappa shape index (κ3) is 3.71. The Labute approximate surface area is 169 Å². The van der Waals surface area contributed by atoms with E-state index in [1.807, 2.05) is 35.0 Å². The number of amides is 4. The highest BCUT2D eigenvalue weighted by atomic mass is 16.2. The predicted molar refractivity (Wildman–Crippen MR) is 107 cm³/mol. The van der Waals surface area contributed by atoms with Crippen LogP contribution in [0, 0.1) is 11.3 Å². The first kappa shape index (κ1) is 19.4. The number of hydrogen-bond donors (Lipinski definition) is 2. The van der Waals surface area contributed by atoms with E-state index >= 15 is 0 Å². The number of fused-ring (bicyclic) bond motifs is 1. The van der Waals surface area contributed by atoms with Crippen molar-refractivity contribution >= 4 is 23.5 Å². The highest BCUT2D eigenvalue weighted by Gasteiger charge is 2.56. The molecular weight excluding hydrogens is 370 g/mol. The predicted octanol–water partition coefficient (Wildman–Crippen LogP) is 2.09. The van der Waals surface area contributed by atoms with Crippen molar-refractivity contribution < 1.29 is 14.4 Å². The molecule has 2 N–H and O–H groups in total. The van der Waals surface area contributed by atoms with E-state index in [0.717, 1.165) is 17.0 Å². The third-order valence-electron chi connectivity index (χ3n) is 5.81. The van der Waals surface area contributed by atoms with Crippen LogP contribution in [0.3, 0.4) is 0 Å². The van der Waals surface area contributed by atoms with E-state index in [-0.39, 0.29) is 30.3 Å². The Morgan fingerprint density at radius 2 is 2.10 bits per heavy atom. The van der Waals surface area contributed by atoms with Gasteiger partial charge in [-0.1, -0.05) is 26.8 Å². The summed E-state index contributed by atoms with van der Waals surface area (Å²) in [6.45, 7) is 6.29. The Bertz CT molecular complexity index is 949. The molecule has 29 heavy (non-hydrogen) atoms. The molecule has 4 rings (SSSR count). The Morgan fingerprint density at radius 1 is 1.31 bits per heavy atom. The summed E-state index contributed by atoms with van der Waals surface area (Å²) in [6.07, 6.45) is 5.93. The molecule has 8 heteroatoms. The third-order valence-corrected chi connectivity index (χ3v) is 5.81. The van der Waals surface area contributed by atoms with Crippen LogP contribution >= 0.6 is 0 Å². The van der Waals surface area contributed by atoms with Gasteiger partial charge in [-0.15, -0.1) is 0 Å². The lowest BCUT2D eigenvalue weighted by atomic mass is 9.64. The summed E-state index contributed by atoms with van der Waals surface area (Å²) >= 11 is 0. The zero-order valence-electron chi connectivity index (χ0n) is 17.1. The Hall–Kier alpha value is -2.90. The van der Waals surface area contributed by atoms with Crippen LogP contribution in [0.1, 0.15) is 45.7 Å². The van der Waals surface area contributed by atoms with E-state index in [1.165, 1.54) is 0 Å². The van der Waals surface area contributed by atoms with Crippen LogP contribution in [0.25, 0.3) is 5.65 Å². The maximum Gasteiger partial charge on any atom is 0.325 e. The summed E-state index contributed by atoms with van der Waals surface area (Å²) in [5.74, 6) is -0.345. The zero-order chi connectivity index (χ0) is 20.8. The summed E-state index contributed by atoms with van der Waals surface area (Å²) in [7, 11) is 0. The molecule has 1 aliphatic heterocycles. The Kier molecular flexibility index (Phi) is 4.59. The van der Waals surface area contributed by atoms with Gasteiger partial charge in [0.15, 0.2) is 0 Å². The average Bonchev–Trinajstić information content (AvgIpc) is 3.12. The van der Waals surface area contributed by atoms with Gasteiger partial charge in [0, 0.05) is 12.4 Å². The van der Waals surface area contributed by atoms with Crippen molar-refractivity contribution in [3.63, 3.8) is 0 Å². The van der Waals surface area contributed by atoms with Gasteiger partial charge in [-0.05, 0) is 42.7 Å². The van der Waals surface area contributed by atoms with Crippen molar-refractivity contribution in [2.75, 3.05) is 6.54 Å². The fourth-order valence-electron chi connectivity index (χ4n) is 5.11. The lowest BCUT2D eigenvalue weighted by Gasteiger charge is -2.43. The van der Waals surface area contributed by atoms with Gasteiger partial charge in [0.1, 0.15) is 17.7 Å². The fourth-order valence-corrected chi connectivity index (χ4v) is 5.11. The first-order valence-electron chi connectivity index (χ1n) is 10.0. The summed E-state index contributed by atoms with van der Waals surface area (Å²) in [5, 5.41) is 5.65. The van der Waals surface area contributed by atoms with E-state index in [1.54, 1.807) is 0 Å². The second-order valence-corrected chi connectivity index (χ2v) is 9.23. The van der Waals surface area contributed by atoms with Gasteiger partial charge < -0.3 is 15.0 Å². The molecule has 0 radical (unpaired) electrons. The van der Waals surface area contributed by atoms with Crippen LogP contribution in [0.5, 0.6) is 0 Å². The minimum absolute atomic E-state index is 0.0397. The number of imide groups is 1. The number of nitrogens with one attached hydrogen (secondary N) is 2. The normalized spacial score (nSPS) is 26.2. The van der Waals surface area contributed by atoms with E-state index < -0.39 is 11.6 Å². The number of hydrogen-bond acceptors (Lipinski definition) is 4. The topological polar surface area (TPSA) is 95.8 Å². The highest BCUT2D eigenvalue weighted by Crippen LogP contribution is 2.46. The molecule has 1 aliphatic carbocycles. The number of carbonyl (C=O) groups is 3. The minimum Gasteiger partial charge on any atom is -0.349 e. The second kappa shape index (κ2) is 6.86. The number of urea groups is 1. The van der Waals surface area contributed by atoms with Crippen LogP contribution in [-0.2, 0) is 16.1 Å². The number of aromatic nitrogens is 2. The summed E-state index contributed by atoms with van der Waals surface area (Å²) in [5.41, 5.74) is 0.574. The average molecular weight is 397 g/mol. The SMILES string of the molecule is C[C@H]1CC(C)(C)C[C@]2(C1)NC(=O)N(CC(=O)NCc1cn3ccccc3n1)C2=O. The molecule has 0 unspecified atom stereocenters. The van der Waals surface area contributed by atoms with Gasteiger partial charge >= 0.3 is 6.03 Å². The smallest absolute Gasteiger partial charge is 0.325 e. The quantitative estimate of drug-likeness (QED) is 0.772. The van der Waals surface area contributed by atoms with Crippen molar-refractivity contribution in [2.24, 2.45) is 11.3 Å². The molecule has 8 nitrogen and oxygen atoms in total. The molecule has 2 aliphatic rings. The van der Waals surface area contributed by atoms with Gasteiger partial charge in [-0.3, -0.25) is 14.5 Å². The Balaban J connectivity index is 1.40. The van der Waals surface area contributed by atoms with Gasteiger partial charge in [0.2, 0.25) is 5.91 Å². The molecule has 4 amide bonds. The van der Waals surface area contributed by atoms with Crippen LogP contribution < -0.4 is 10.6 Å². The van der Waals surface area contributed by atoms with E-state index in [0.29, 0.717) is 24.5 Å². The molecule has 2 aromatic rings. The molecular formula is C21H27N5O3. The second-order valence-electron chi connectivity index (χ2n) is 9.23. The maximum atomic E-state index is 13.1. The lowest BCUT2D eigenvalue weighted by Crippen LogP contribution is -2.54. The van der Waals surface area contributed by atoms with Gasteiger partial charge in [0.05, 0.1) is 12.2 Å². The summed E-state index contributed by atoms with van der Waals surface area (Å²) in [4.78, 5) is 43.5. The molecule has 0 bridgehead atoms. The summed E-state index contributed by atoms with van der Waals surface area (Å²) < 4.78 is 1.87. The van der Waals surface area contributed by atoms with Gasteiger partial charge in [0.25, 0.3) is 5.91 Å². The first-order chi connectivity index (χ1) is 13.7. The fraction of sp³-hybridized carbons (Fsp3) is 0.524. The number of imidazole rings is 1. The molecule has 2 fully saturated rings. The maximum absolute atomic E-state index is 13.1.